The van der Waals surface area contributed by atoms with Crippen LogP contribution in [0.5, 0.6) is 0 Å². The molecule has 140 valence electrons. The molecule has 26 heavy (non-hydrogen) atoms. The lowest BCUT2D eigenvalue weighted by atomic mass is 9.90. The van der Waals surface area contributed by atoms with Crippen LogP contribution in [-0.4, -0.2) is 40.5 Å². The molecule has 3 fully saturated rings. The summed E-state index contributed by atoms with van der Waals surface area (Å²) in [6.07, 6.45) is 9.57. The van der Waals surface area contributed by atoms with Crippen LogP contribution in [0.3, 0.4) is 0 Å². The van der Waals surface area contributed by atoms with Crippen molar-refractivity contribution in [3.8, 4) is 0 Å². The van der Waals surface area contributed by atoms with Gasteiger partial charge < -0.3 is 5.32 Å². The first-order chi connectivity index (χ1) is 12.7. The number of fused-ring (bicyclic) bond motifs is 1. The predicted octanol–water partition coefficient (Wildman–Crippen LogP) is 3.66. The molecule has 1 aromatic rings. The molecule has 5 nitrogen and oxygen atoms in total. The first-order valence-electron chi connectivity index (χ1n) is 10.1. The summed E-state index contributed by atoms with van der Waals surface area (Å²) in [5, 5.41) is 5.28. The highest BCUT2D eigenvalue weighted by atomic mass is 32.1. The lowest BCUT2D eigenvalue weighted by Gasteiger charge is -2.38. The third kappa shape index (κ3) is 2.69. The highest BCUT2D eigenvalue weighted by Gasteiger charge is 2.52. The first-order valence-corrected chi connectivity index (χ1v) is 11.0. The number of amides is 3. The minimum Gasteiger partial charge on any atom is -0.323 e. The maximum absolute atomic E-state index is 13.2. The van der Waals surface area contributed by atoms with E-state index in [4.69, 9.17) is 0 Å². The first kappa shape index (κ1) is 16.8. The average molecular weight is 374 g/mol. The van der Waals surface area contributed by atoms with Crippen molar-refractivity contribution in [1.29, 1.82) is 0 Å². The van der Waals surface area contributed by atoms with E-state index in [9.17, 15) is 9.59 Å². The number of rotatable bonds is 3. The van der Waals surface area contributed by atoms with Crippen molar-refractivity contribution in [2.24, 2.45) is 5.92 Å². The van der Waals surface area contributed by atoms with Gasteiger partial charge in [-0.3, -0.25) is 9.69 Å². The summed E-state index contributed by atoms with van der Waals surface area (Å²) in [5.41, 5.74) is 0.825. The van der Waals surface area contributed by atoms with Gasteiger partial charge >= 0.3 is 6.03 Å². The number of imide groups is 1. The number of thiophene rings is 1. The molecule has 5 rings (SSSR count). The van der Waals surface area contributed by atoms with Gasteiger partial charge in [-0.1, -0.05) is 25.7 Å². The smallest absolute Gasteiger partial charge is 0.323 e. The molecule has 1 N–H and O–H groups in total. The van der Waals surface area contributed by atoms with Gasteiger partial charge in [0.1, 0.15) is 5.54 Å². The Kier molecular flexibility index (Phi) is 4.09. The second-order valence-electron chi connectivity index (χ2n) is 8.44. The van der Waals surface area contributed by atoms with Crippen LogP contribution in [0, 0.1) is 5.92 Å². The van der Waals surface area contributed by atoms with E-state index in [2.05, 4.69) is 21.7 Å². The van der Waals surface area contributed by atoms with Crippen molar-refractivity contribution in [2.45, 2.75) is 69.4 Å². The van der Waals surface area contributed by atoms with E-state index in [0.717, 1.165) is 38.6 Å². The normalized spacial score (nSPS) is 28.9. The van der Waals surface area contributed by atoms with E-state index in [-0.39, 0.29) is 11.9 Å². The Labute approximate surface area is 158 Å². The van der Waals surface area contributed by atoms with Crippen LogP contribution in [0.4, 0.5) is 4.79 Å². The molecule has 0 radical (unpaired) electrons. The quantitative estimate of drug-likeness (QED) is 0.823. The van der Waals surface area contributed by atoms with Crippen molar-refractivity contribution < 1.29 is 9.59 Å². The minimum atomic E-state index is -0.619. The molecule has 1 saturated heterocycles. The molecule has 0 bridgehead atoms. The summed E-state index contributed by atoms with van der Waals surface area (Å²) in [7, 11) is 0. The highest BCUT2D eigenvalue weighted by molar-refractivity contribution is 7.10. The number of hydrogen-bond donors (Lipinski definition) is 1. The molecule has 1 atom stereocenters. The van der Waals surface area contributed by atoms with E-state index in [1.54, 1.807) is 0 Å². The fraction of sp³-hybridized carbons (Fsp3) is 0.700. The number of carbonyl (C=O) groups excluding carboxylic acids is 2. The lowest BCUT2D eigenvalue weighted by Crippen LogP contribution is -2.49. The summed E-state index contributed by atoms with van der Waals surface area (Å²) >= 11 is 1.85. The molecular weight excluding hydrogens is 346 g/mol. The number of nitrogens with zero attached hydrogens (tertiary/aromatic N) is 2. The summed E-state index contributed by atoms with van der Waals surface area (Å²) < 4.78 is 0. The number of hydrogen-bond acceptors (Lipinski definition) is 4. The van der Waals surface area contributed by atoms with E-state index in [1.165, 1.54) is 41.0 Å². The van der Waals surface area contributed by atoms with Crippen molar-refractivity contribution in [3.05, 3.63) is 21.9 Å². The van der Waals surface area contributed by atoms with Crippen LogP contribution in [0.1, 0.15) is 67.8 Å². The molecule has 3 amide bonds. The van der Waals surface area contributed by atoms with Gasteiger partial charge in [-0.15, -0.1) is 11.3 Å². The molecule has 2 saturated carbocycles. The summed E-state index contributed by atoms with van der Waals surface area (Å²) in [5.74, 6) is 0.714. The van der Waals surface area contributed by atoms with Gasteiger partial charge in [0.25, 0.3) is 5.91 Å². The van der Waals surface area contributed by atoms with Crippen molar-refractivity contribution in [2.75, 3.05) is 13.2 Å². The van der Waals surface area contributed by atoms with Crippen molar-refractivity contribution in [1.82, 2.24) is 15.1 Å². The predicted molar refractivity (Wildman–Crippen MR) is 101 cm³/mol. The summed E-state index contributed by atoms with van der Waals surface area (Å²) in [6.45, 7) is 1.39. The lowest BCUT2D eigenvalue weighted by molar-refractivity contribution is -0.133. The van der Waals surface area contributed by atoms with Gasteiger partial charge in [0.15, 0.2) is 0 Å². The van der Waals surface area contributed by atoms with E-state index < -0.39 is 5.54 Å². The number of carbonyl (C=O) groups is 2. The van der Waals surface area contributed by atoms with Crippen LogP contribution in [0.2, 0.25) is 0 Å². The largest absolute Gasteiger partial charge is 0.326 e. The molecule has 6 heteroatoms. The van der Waals surface area contributed by atoms with Gasteiger partial charge in [0.2, 0.25) is 0 Å². The van der Waals surface area contributed by atoms with Crippen molar-refractivity contribution >= 4 is 23.3 Å². The van der Waals surface area contributed by atoms with Crippen LogP contribution in [-0.2, 0) is 11.2 Å². The zero-order chi connectivity index (χ0) is 17.7. The third-order valence-corrected chi connectivity index (χ3v) is 7.71. The molecule has 4 aliphatic rings. The van der Waals surface area contributed by atoms with E-state index >= 15 is 0 Å². The van der Waals surface area contributed by atoms with Gasteiger partial charge in [0.05, 0.1) is 6.67 Å². The number of nitrogens with one attached hydrogen (secondary N) is 1. The van der Waals surface area contributed by atoms with Crippen LogP contribution < -0.4 is 5.32 Å². The molecule has 2 aliphatic heterocycles. The zero-order valence-electron chi connectivity index (χ0n) is 15.2. The van der Waals surface area contributed by atoms with Gasteiger partial charge in [-0.2, -0.15) is 0 Å². The monoisotopic (exact) mass is 373 g/mol. The fourth-order valence-corrected chi connectivity index (χ4v) is 6.09. The van der Waals surface area contributed by atoms with E-state index in [1.807, 2.05) is 11.3 Å². The van der Waals surface area contributed by atoms with Gasteiger partial charge in [-0.25, -0.2) is 9.69 Å². The second kappa shape index (κ2) is 6.34. The molecule has 1 aromatic heterocycles. The van der Waals surface area contributed by atoms with Crippen LogP contribution in [0.15, 0.2) is 11.4 Å². The Bertz CT molecular complexity index is 718. The topological polar surface area (TPSA) is 52.7 Å². The average Bonchev–Trinajstić information content (AvgIpc) is 3.36. The third-order valence-electron chi connectivity index (χ3n) is 6.71. The molecule has 3 heterocycles. The van der Waals surface area contributed by atoms with E-state index in [0.29, 0.717) is 18.6 Å². The summed E-state index contributed by atoms with van der Waals surface area (Å²) in [6, 6.07) is 2.47. The Morgan fingerprint density at radius 3 is 2.65 bits per heavy atom. The number of urea groups is 1. The fourth-order valence-electron chi connectivity index (χ4n) is 5.18. The molecule has 0 unspecified atom stereocenters. The molecule has 2 aliphatic carbocycles. The summed E-state index contributed by atoms with van der Waals surface area (Å²) in [4.78, 5) is 31.3. The minimum absolute atomic E-state index is 0.0232. The van der Waals surface area contributed by atoms with Crippen LogP contribution >= 0.6 is 11.3 Å². The van der Waals surface area contributed by atoms with Crippen molar-refractivity contribution in [3.63, 3.8) is 0 Å². The highest BCUT2D eigenvalue weighted by Crippen LogP contribution is 2.48. The van der Waals surface area contributed by atoms with Crippen LogP contribution in [0.25, 0.3) is 0 Å². The SMILES string of the molecule is O=C1NC2(CCCCCC2)C(=O)N1CN1CCc2sccc2[C@@H]1C1CC1. The Morgan fingerprint density at radius 2 is 1.92 bits per heavy atom. The second-order valence-corrected chi connectivity index (χ2v) is 9.45. The molecule has 1 spiro atoms. The molecule has 0 aromatic carbocycles. The Balaban J connectivity index is 1.37. The van der Waals surface area contributed by atoms with Gasteiger partial charge in [-0.05, 0) is 55.0 Å². The Hall–Kier alpha value is -1.40. The maximum atomic E-state index is 13.2. The Morgan fingerprint density at radius 1 is 1.15 bits per heavy atom. The maximum Gasteiger partial charge on any atom is 0.326 e. The molecular formula is C20H27N3O2S. The zero-order valence-corrected chi connectivity index (χ0v) is 16.0. The van der Waals surface area contributed by atoms with Gasteiger partial charge in [0, 0.05) is 17.5 Å². The standard InChI is InChI=1S/C20H27N3O2S/c24-18-20(9-3-1-2-4-10-20)21-19(25)23(18)13-22-11-7-16-15(8-12-26-16)17(22)14-5-6-14/h8,12,14,17H,1-7,9-11,13H2,(H,21,25)/t17-/m0/s1.